The second-order valence-electron chi connectivity index (χ2n) is 5.97. The number of nitrogens with one attached hydrogen (secondary N) is 1. The summed E-state index contributed by atoms with van der Waals surface area (Å²) >= 11 is 0. The summed E-state index contributed by atoms with van der Waals surface area (Å²) in [4.78, 5) is 29.4. The Kier molecular flexibility index (Phi) is 7.25. The van der Waals surface area contributed by atoms with Crippen molar-refractivity contribution in [1.82, 2.24) is 10.0 Å². The lowest BCUT2D eigenvalue weighted by molar-refractivity contribution is -0.150. The average Bonchev–Trinajstić information content (AvgIpc) is 2.97. The fourth-order valence-corrected chi connectivity index (χ4v) is 2.50. The first-order valence-corrected chi connectivity index (χ1v) is 8.70. The van der Waals surface area contributed by atoms with Crippen LogP contribution in [-0.2, 0) is 20.7 Å². The number of esters is 1. The van der Waals surface area contributed by atoms with Gasteiger partial charge in [-0.3, -0.25) is 10.1 Å². The third-order valence-electron chi connectivity index (χ3n) is 3.92. The molecule has 0 amide bonds. The van der Waals surface area contributed by atoms with Gasteiger partial charge < -0.3 is 19.8 Å². The van der Waals surface area contributed by atoms with Gasteiger partial charge in [0.1, 0.15) is 12.1 Å². The number of aryl methyl sites for hydroxylation is 1. The van der Waals surface area contributed by atoms with Crippen LogP contribution in [-0.4, -0.2) is 45.6 Å². The summed E-state index contributed by atoms with van der Waals surface area (Å²) in [5, 5.41) is 22.0. The lowest BCUT2D eigenvalue weighted by atomic mass is 10.0. The number of nitrogens with zero attached hydrogens (tertiary/aromatic N) is 1. The van der Waals surface area contributed by atoms with Crippen molar-refractivity contribution in [3.05, 3.63) is 48.0 Å². The van der Waals surface area contributed by atoms with Crippen LogP contribution < -0.4 is 10.2 Å². The minimum atomic E-state index is -0.878. The number of benzene rings is 1. The molecule has 0 radical (unpaired) electrons. The summed E-state index contributed by atoms with van der Waals surface area (Å²) in [6.07, 6.45) is 1.05. The monoisotopic (exact) mass is 376 g/mol. The zero-order valence-electron chi connectivity index (χ0n) is 15.3. The molecule has 1 unspecified atom stereocenters. The molecule has 2 atom stereocenters. The van der Waals surface area contributed by atoms with E-state index in [1.54, 1.807) is 6.92 Å². The zero-order valence-corrected chi connectivity index (χ0v) is 15.3. The lowest BCUT2D eigenvalue weighted by Crippen LogP contribution is -2.48. The minimum absolute atomic E-state index is 0.228. The summed E-state index contributed by atoms with van der Waals surface area (Å²) in [6.45, 7) is 3.46. The quantitative estimate of drug-likeness (QED) is 0.567. The SMILES string of the molecule is CCOC(=O)C(CCc1ccccc1)N[C@@H](C)C(=O)On1c(O)ccc1O. The van der Waals surface area contributed by atoms with Crippen LogP contribution in [0, 0.1) is 0 Å². The van der Waals surface area contributed by atoms with E-state index in [2.05, 4.69) is 5.32 Å². The van der Waals surface area contributed by atoms with Gasteiger partial charge in [-0.2, -0.15) is 0 Å². The predicted octanol–water partition coefficient (Wildman–Crippen LogP) is 1.40. The first-order chi connectivity index (χ1) is 12.9. The topological polar surface area (TPSA) is 110 Å². The molecule has 0 aliphatic carbocycles. The Bertz CT molecular complexity index is 739. The number of carbonyl (C=O) groups excluding carboxylic acids is 2. The van der Waals surface area contributed by atoms with Gasteiger partial charge in [-0.15, -0.1) is 4.73 Å². The Morgan fingerprint density at radius 1 is 1.07 bits per heavy atom. The molecule has 1 heterocycles. The molecule has 1 aromatic heterocycles. The molecule has 8 nitrogen and oxygen atoms in total. The molecular formula is C19H24N2O6. The maximum absolute atomic E-state index is 12.2. The predicted molar refractivity (Wildman–Crippen MR) is 97.1 cm³/mol. The normalized spacial score (nSPS) is 13.0. The second-order valence-corrected chi connectivity index (χ2v) is 5.97. The van der Waals surface area contributed by atoms with Crippen molar-refractivity contribution in [2.45, 2.75) is 38.8 Å². The molecule has 1 aromatic carbocycles. The van der Waals surface area contributed by atoms with E-state index in [9.17, 15) is 19.8 Å². The van der Waals surface area contributed by atoms with Crippen LogP contribution >= 0.6 is 0 Å². The molecule has 0 aliphatic rings. The fraction of sp³-hybridized carbons (Fsp3) is 0.368. The third-order valence-corrected chi connectivity index (χ3v) is 3.92. The standard InChI is InChI=1S/C19H24N2O6/c1-3-26-19(25)15(10-9-14-7-5-4-6-8-14)20-13(2)18(24)27-21-16(22)11-12-17(21)23/h4-8,11-13,15,20,22-23H,3,9-10H2,1-2H3/t13-,15?/m0/s1. The number of hydrogen-bond acceptors (Lipinski definition) is 7. The first kappa shape index (κ1) is 20.3. The van der Waals surface area contributed by atoms with Crippen molar-refractivity contribution in [3.63, 3.8) is 0 Å². The second kappa shape index (κ2) is 9.63. The van der Waals surface area contributed by atoms with Crippen molar-refractivity contribution in [1.29, 1.82) is 0 Å². The average molecular weight is 376 g/mol. The fourth-order valence-electron chi connectivity index (χ4n) is 2.50. The molecule has 3 N–H and O–H groups in total. The van der Waals surface area contributed by atoms with E-state index in [0.717, 1.165) is 5.56 Å². The highest BCUT2D eigenvalue weighted by atomic mass is 16.7. The maximum atomic E-state index is 12.2. The van der Waals surface area contributed by atoms with Crippen LogP contribution in [0.3, 0.4) is 0 Å². The number of carbonyl (C=O) groups is 2. The van der Waals surface area contributed by atoms with Gasteiger partial charge in [-0.25, -0.2) is 4.79 Å². The van der Waals surface area contributed by atoms with E-state index in [0.29, 0.717) is 17.6 Å². The molecule has 0 bridgehead atoms. The Balaban J connectivity index is 1.99. The first-order valence-electron chi connectivity index (χ1n) is 8.70. The molecule has 0 aliphatic heterocycles. The number of rotatable bonds is 9. The molecule has 0 spiro atoms. The number of hydrogen-bond donors (Lipinski definition) is 3. The van der Waals surface area contributed by atoms with Gasteiger partial charge in [0.15, 0.2) is 0 Å². The molecular weight excluding hydrogens is 352 g/mol. The van der Waals surface area contributed by atoms with Gasteiger partial charge in [-0.1, -0.05) is 30.3 Å². The van der Waals surface area contributed by atoms with Gasteiger partial charge in [0, 0.05) is 12.1 Å². The van der Waals surface area contributed by atoms with E-state index in [4.69, 9.17) is 9.57 Å². The van der Waals surface area contributed by atoms with E-state index in [-0.39, 0.29) is 6.61 Å². The molecule has 0 saturated carbocycles. The summed E-state index contributed by atoms with van der Waals surface area (Å²) in [7, 11) is 0. The van der Waals surface area contributed by atoms with Gasteiger partial charge >= 0.3 is 11.9 Å². The highest BCUT2D eigenvalue weighted by Gasteiger charge is 2.26. The molecule has 8 heteroatoms. The minimum Gasteiger partial charge on any atom is -0.492 e. The summed E-state index contributed by atoms with van der Waals surface area (Å²) < 4.78 is 5.68. The molecule has 146 valence electrons. The summed E-state index contributed by atoms with van der Waals surface area (Å²) in [5.74, 6) is -2.07. The van der Waals surface area contributed by atoms with Crippen LogP contribution in [0.2, 0.25) is 0 Å². The number of ether oxygens (including phenoxy) is 1. The van der Waals surface area contributed by atoms with Gasteiger partial charge in [-0.05, 0) is 32.3 Å². The molecule has 2 aromatic rings. The van der Waals surface area contributed by atoms with E-state index >= 15 is 0 Å². The van der Waals surface area contributed by atoms with E-state index in [1.807, 2.05) is 30.3 Å². The van der Waals surface area contributed by atoms with Crippen LogP contribution in [0.15, 0.2) is 42.5 Å². The van der Waals surface area contributed by atoms with E-state index < -0.39 is 35.8 Å². The van der Waals surface area contributed by atoms with Crippen LogP contribution in [0.4, 0.5) is 0 Å². The number of aromatic hydroxyl groups is 2. The van der Waals surface area contributed by atoms with Crippen molar-refractivity contribution >= 4 is 11.9 Å². The summed E-state index contributed by atoms with van der Waals surface area (Å²) in [5.41, 5.74) is 1.06. The largest absolute Gasteiger partial charge is 0.492 e. The van der Waals surface area contributed by atoms with Crippen molar-refractivity contribution < 1.29 is 29.4 Å². The Morgan fingerprint density at radius 2 is 1.70 bits per heavy atom. The van der Waals surface area contributed by atoms with Gasteiger partial charge in [0.2, 0.25) is 11.8 Å². The van der Waals surface area contributed by atoms with Crippen LogP contribution in [0.5, 0.6) is 11.8 Å². The van der Waals surface area contributed by atoms with Gasteiger partial charge in [0.25, 0.3) is 0 Å². The molecule has 0 fully saturated rings. The Labute approximate surface area is 157 Å². The summed E-state index contributed by atoms with van der Waals surface area (Å²) in [6, 6.07) is 10.4. The zero-order chi connectivity index (χ0) is 19.8. The lowest BCUT2D eigenvalue weighted by Gasteiger charge is -2.21. The molecule has 0 saturated heterocycles. The molecule has 2 rings (SSSR count). The highest BCUT2D eigenvalue weighted by molar-refractivity contribution is 5.79. The van der Waals surface area contributed by atoms with Crippen LogP contribution in [0.1, 0.15) is 25.8 Å². The van der Waals surface area contributed by atoms with Gasteiger partial charge in [0.05, 0.1) is 6.61 Å². The number of aromatic nitrogens is 1. The van der Waals surface area contributed by atoms with Crippen molar-refractivity contribution in [3.8, 4) is 11.8 Å². The Morgan fingerprint density at radius 3 is 2.30 bits per heavy atom. The Hall–Kier alpha value is -3.00. The highest BCUT2D eigenvalue weighted by Crippen LogP contribution is 2.18. The van der Waals surface area contributed by atoms with E-state index in [1.165, 1.54) is 19.1 Å². The third kappa shape index (κ3) is 5.75. The van der Waals surface area contributed by atoms with Crippen molar-refractivity contribution in [2.24, 2.45) is 0 Å². The van der Waals surface area contributed by atoms with Crippen LogP contribution in [0.25, 0.3) is 0 Å². The smallest absolute Gasteiger partial charge is 0.349 e. The van der Waals surface area contributed by atoms with Crippen molar-refractivity contribution in [2.75, 3.05) is 6.61 Å². The maximum Gasteiger partial charge on any atom is 0.349 e. The molecule has 27 heavy (non-hydrogen) atoms.